The van der Waals surface area contributed by atoms with E-state index in [1.54, 1.807) is 29.2 Å². The summed E-state index contributed by atoms with van der Waals surface area (Å²) in [4.78, 5) is 52.4. The third-order valence-electron chi connectivity index (χ3n) is 5.10. The lowest BCUT2D eigenvalue weighted by Gasteiger charge is -2.22. The van der Waals surface area contributed by atoms with Crippen LogP contribution in [0.2, 0.25) is 0 Å². The number of pyridine rings is 1. The molecule has 2 saturated heterocycles. The Labute approximate surface area is 171 Å². The summed E-state index contributed by atoms with van der Waals surface area (Å²) < 4.78 is 6.67. The number of methoxy groups -OCH3 is 1. The second kappa shape index (κ2) is 7.75. The summed E-state index contributed by atoms with van der Waals surface area (Å²) >= 11 is 0.990. The minimum atomic E-state index is -0.319. The molecule has 0 bridgehead atoms. The second-order valence-corrected chi connectivity index (χ2v) is 7.74. The molecule has 0 saturated carbocycles. The van der Waals surface area contributed by atoms with Crippen molar-refractivity contribution < 1.29 is 19.1 Å². The van der Waals surface area contributed by atoms with E-state index in [0.29, 0.717) is 18.7 Å². The van der Waals surface area contributed by atoms with Crippen LogP contribution in [-0.4, -0.2) is 63.4 Å². The molecule has 0 radical (unpaired) electrons. The number of carbonyl (C=O) groups is 3. The van der Waals surface area contributed by atoms with E-state index in [9.17, 15) is 19.2 Å². The minimum Gasteiger partial charge on any atom is -0.496 e. The van der Waals surface area contributed by atoms with Gasteiger partial charge in [0.05, 0.1) is 24.5 Å². The van der Waals surface area contributed by atoms with Crippen molar-refractivity contribution in [3.63, 3.8) is 0 Å². The van der Waals surface area contributed by atoms with Gasteiger partial charge < -0.3 is 9.64 Å². The van der Waals surface area contributed by atoms with Gasteiger partial charge in [-0.1, -0.05) is 30.0 Å². The van der Waals surface area contributed by atoms with Crippen LogP contribution >= 0.6 is 11.8 Å². The van der Waals surface area contributed by atoms with E-state index in [-0.39, 0.29) is 52.3 Å². The van der Waals surface area contributed by atoms with E-state index in [4.69, 9.17) is 4.74 Å². The Kier molecular flexibility index (Phi) is 5.14. The maximum atomic E-state index is 13.2. The molecule has 2 aliphatic rings. The summed E-state index contributed by atoms with van der Waals surface area (Å²) in [6, 6.07) is 9.97. The van der Waals surface area contributed by atoms with E-state index in [2.05, 4.69) is 0 Å². The Morgan fingerprint density at radius 1 is 1.17 bits per heavy atom. The molecule has 4 rings (SSSR count). The third kappa shape index (κ3) is 3.53. The number of rotatable bonds is 4. The van der Waals surface area contributed by atoms with Gasteiger partial charge in [-0.3, -0.25) is 28.6 Å². The molecule has 0 N–H and O–H groups in total. The van der Waals surface area contributed by atoms with Crippen LogP contribution in [0.4, 0.5) is 4.79 Å². The van der Waals surface area contributed by atoms with Gasteiger partial charge >= 0.3 is 0 Å². The van der Waals surface area contributed by atoms with Crippen LogP contribution in [-0.2, 0) is 4.79 Å². The van der Waals surface area contributed by atoms with Gasteiger partial charge in [0.2, 0.25) is 5.91 Å². The van der Waals surface area contributed by atoms with Crippen molar-refractivity contribution in [2.45, 2.75) is 12.5 Å². The van der Waals surface area contributed by atoms with E-state index in [0.717, 1.165) is 11.8 Å². The standard InChI is InChI=1S/C20H19N3O5S/c1-28-16-9-17(24)22(13-5-3-2-4-6-13)11-15(16)19(26)21-8-7-14(10-21)23-18(25)12-29-20(23)27/h2-6,9,11,14H,7-8,10,12H2,1H3. The van der Waals surface area contributed by atoms with Gasteiger partial charge in [-0.2, -0.15) is 0 Å². The van der Waals surface area contributed by atoms with Crippen molar-refractivity contribution >= 4 is 28.8 Å². The number of likely N-dealkylation sites (tertiary alicyclic amines) is 1. The monoisotopic (exact) mass is 413 g/mol. The number of para-hydroxylation sites is 1. The zero-order chi connectivity index (χ0) is 20.5. The molecule has 3 heterocycles. The van der Waals surface area contributed by atoms with Crippen LogP contribution in [0.3, 0.4) is 0 Å². The minimum absolute atomic E-state index is 0.152. The fourth-order valence-corrected chi connectivity index (χ4v) is 4.44. The summed E-state index contributed by atoms with van der Waals surface area (Å²) in [6.45, 7) is 0.684. The number of carbonyl (C=O) groups excluding carboxylic acids is 3. The fraction of sp³-hybridized carbons (Fsp3) is 0.300. The van der Waals surface area contributed by atoms with Gasteiger partial charge in [-0.25, -0.2) is 0 Å². The topological polar surface area (TPSA) is 88.9 Å². The molecule has 1 aromatic heterocycles. The number of ether oxygens (including phenoxy) is 1. The first-order chi connectivity index (χ1) is 14.0. The molecule has 2 fully saturated rings. The summed E-state index contributed by atoms with van der Waals surface area (Å²) in [5, 5.41) is -0.260. The van der Waals surface area contributed by atoms with Crippen LogP contribution < -0.4 is 10.3 Å². The van der Waals surface area contributed by atoms with Crippen molar-refractivity contribution in [2.75, 3.05) is 26.0 Å². The second-order valence-electron chi connectivity index (χ2n) is 6.81. The van der Waals surface area contributed by atoms with Gasteiger partial charge in [0.25, 0.3) is 16.7 Å². The Bertz CT molecular complexity index is 1020. The predicted octanol–water partition coefficient (Wildman–Crippen LogP) is 1.76. The van der Waals surface area contributed by atoms with E-state index in [1.807, 2.05) is 6.07 Å². The lowest BCUT2D eigenvalue weighted by molar-refractivity contribution is -0.126. The Balaban J connectivity index is 1.62. The first kappa shape index (κ1) is 19.3. The van der Waals surface area contributed by atoms with E-state index >= 15 is 0 Å². The van der Waals surface area contributed by atoms with Crippen LogP contribution in [0, 0.1) is 0 Å². The molecule has 1 aromatic carbocycles. The van der Waals surface area contributed by atoms with Gasteiger partial charge in [0, 0.05) is 31.0 Å². The number of nitrogens with zero attached hydrogens (tertiary/aromatic N) is 3. The van der Waals surface area contributed by atoms with Crippen molar-refractivity contribution in [3.8, 4) is 11.4 Å². The number of amides is 3. The van der Waals surface area contributed by atoms with Crippen LogP contribution in [0.1, 0.15) is 16.8 Å². The first-order valence-electron chi connectivity index (χ1n) is 9.14. The number of benzene rings is 1. The molecule has 2 aromatic rings. The van der Waals surface area contributed by atoms with E-state index < -0.39 is 0 Å². The van der Waals surface area contributed by atoms with Gasteiger partial charge in [-0.05, 0) is 18.6 Å². The van der Waals surface area contributed by atoms with Gasteiger partial charge in [0.15, 0.2) is 0 Å². The van der Waals surface area contributed by atoms with Crippen molar-refractivity contribution in [2.24, 2.45) is 0 Å². The average molecular weight is 413 g/mol. The first-order valence-corrected chi connectivity index (χ1v) is 10.1. The average Bonchev–Trinajstić information content (AvgIpc) is 3.34. The quantitative estimate of drug-likeness (QED) is 0.759. The normalized spacial score (nSPS) is 19.1. The summed E-state index contributed by atoms with van der Waals surface area (Å²) in [5.41, 5.74) is 0.582. The van der Waals surface area contributed by atoms with Crippen LogP contribution in [0.25, 0.3) is 5.69 Å². The van der Waals surface area contributed by atoms with Crippen molar-refractivity contribution in [3.05, 3.63) is 58.5 Å². The number of hydrogen-bond donors (Lipinski definition) is 0. The molecule has 1 atom stereocenters. The highest BCUT2D eigenvalue weighted by Crippen LogP contribution is 2.28. The highest BCUT2D eigenvalue weighted by molar-refractivity contribution is 8.14. The highest BCUT2D eigenvalue weighted by atomic mass is 32.2. The molecule has 9 heteroatoms. The Hall–Kier alpha value is -3.07. The highest BCUT2D eigenvalue weighted by Gasteiger charge is 2.40. The largest absolute Gasteiger partial charge is 0.496 e. The Morgan fingerprint density at radius 2 is 1.93 bits per heavy atom. The molecule has 1 unspecified atom stereocenters. The fourth-order valence-electron chi connectivity index (χ4n) is 3.66. The molecule has 0 spiro atoms. The zero-order valence-electron chi connectivity index (χ0n) is 15.7. The van der Waals surface area contributed by atoms with Crippen molar-refractivity contribution in [1.82, 2.24) is 14.4 Å². The molecular formula is C20H19N3O5S. The molecule has 2 aliphatic heterocycles. The molecule has 8 nitrogen and oxygen atoms in total. The predicted molar refractivity (Wildman–Crippen MR) is 108 cm³/mol. The summed E-state index contributed by atoms with van der Waals surface area (Å²) in [5.74, 6) is -0.172. The zero-order valence-corrected chi connectivity index (χ0v) is 16.6. The maximum absolute atomic E-state index is 13.2. The van der Waals surface area contributed by atoms with Crippen LogP contribution in [0.5, 0.6) is 5.75 Å². The number of thioether (sulfide) groups is 1. The van der Waals surface area contributed by atoms with Crippen molar-refractivity contribution in [1.29, 1.82) is 0 Å². The van der Waals surface area contributed by atoms with E-state index in [1.165, 1.54) is 28.8 Å². The number of aromatic nitrogens is 1. The third-order valence-corrected chi connectivity index (χ3v) is 5.94. The van der Waals surface area contributed by atoms with Gasteiger partial charge in [0.1, 0.15) is 5.75 Å². The Morgan fingerprint density at radius 3 is 2.59 bits per heavy atom. The molecule has 150 valence electrons. The molecular weight excluding hydrogens is 394 g/mol. The lowest BCUT2D eigenvalue weighted by atomic mass is 10.2. The number of hydrogen-bond acceptors (Lipinski definition) is 6. The van der Waals surface area contributed by atoms with Crippen LogP contribution in [0.15, 0.2) is 47.4 Å². The summed E-state index contributed by atoms with van der Waals surface area (Å²) in [6.07, 6.45) is 2.01. The smallest absolute Gasteiger partial charge is 0.289 e. The van der Waals surface area contributed by atoms with Gasteiger partial charge in [-0.15, -0.1) is 0 Å². The maximum Gasteiger partial charge on any atom is 0.289 e. The summed E-state index contributed by atoms with van der Waals surface area (Å²) in [7, 11) is 1.41. The number of imide groups is 1. The SMILES string of the molecule is COc1cc(=O)n(-c2ccccc2)cc1C(=O)N1CCC(N2C(=O)CSC2=O)C1. The lowest BCUT2D eigenvalue weighted by Crippen LogP contribution is -2.41. The molecule has 29 heavy (non-hydrogen) atoms. The molecule has 3 amide bonds. The molecule has 0 aliphatic carbocycles.